The van der Waals surface area contributed by atoms with Gasteiger partial charge in [-0.3, -0.25) is 4.72 Å². The van der Waals surface area contributed by atoms with Crippen LogP contribution < -0.4 is 10.5 Å². The van der Waals surface area contributed by atoms with Gasteiger partial charge in [0.1, 0.15) is 4.90 Å². The fraction of sp³-hybridized carbons (Fsp3) is 0. The molecule has 3 N–H and O–H groups in total. The van der Waals surface area contributed by atoms with E-state index in [0.29, 0.717) is 11.3 Å². The Hall–Kier alpha value is -2.23. The smallest absolute Gasteiger partial charge is 0.263 e. The van der Waals surface area contributed by atoms with Gasteiger partial charge < -0.3 is 5.73 Å². The number of nitrogens with two attached hydrogens (primary N) is 1. The number of anilines is 2. The summed E-state index contributed by atoms with van der Waals surface area (Å²) in [4.78, 5) is -0.110. The van der Waals surface area contributed by atoms with Crippen molar-refractivity contribution in [1.29, 1.82) is 5.26 Å². The number of hydrogen-bond acceptors (Lipinski definition) is 4. The molecule has 0 aliphatic rings. The SMILES string of the molecule is N#Cc1cccc(NS(=O)(=O)c2cc(N)ccc2Cl)c1. The topological polar surface area (TPSA) is 96.0 Å². The first-order valence-corrected chi connectivity index (χ1v) is 7.36. The number of rotatable bonds is 3. The Morgan fingerprint density at radius 3 is 2.65 bits per heavy atom. The summed E-state index contributed by atoms with van der Waals surface area (Å²) in [5.41, 5.74) is 6.49. The van der Waals surface area contributed by atoms with Gasteiger partial charge in [-0.15, -0.1) is 0 Å². The van der Waals surface area contributed by atoms with E-state index in [9.17, 15) is 8.42 Å². The number of nitrogen functional groups attached to an aromatic ring is 1. The van der Waals surface area contributed by atoms with E-state index in [4.69, 9.17) is 22.6 Å². The number of nitriles is 1. The number of halogens is 1. The Morgan fingerprint density at radius 2 is 1.95 bits per heavy atom. The Labute approximate surface area is 121 Å². The zero-order valence-corrected chi connectivity index (χ0v) is 11.7. The van der Waals surface area contributed by atoms with E-state index in [0.717, 1.165) is 0 Å². The second kappa shape index (κ2) is 5.41. The highest BCUT2D eigenvalue weighted by atomic mass is 35.5. The molecule has 0 fully saturated rings. The Balaban J connectivity index is 2.41. The van der Waals surface area contributed by atoms with Crippen LogP contribution >= 0.6 is 11.6 Å². The van der Waals surface area contributed by atoms with E-state index in [2.05, 4.69) is 4.72 Å². The first-order chi connectivity index (χ1) is 9.42. The Bertz CT molecular complexity index is 798. The third kappa shape index (κ3) is 3.02. The highest BCUT2D eigenvalue weighted by molar-refractivity contribution is 7.92. The van der Waals surface area contributed by atoms with Gasteiger partial charge in [-0.2, -0.15) is 5.26 Å². The molecule has 0 saturated heterocycles. The number of nitrogens with zero attached hydrogens (tertiary/aromatic N) is 1. The lowest BCUT2D eigenvalue weighted by Crippen LogP contribution is -2.13. The predicted octanol–water partition coefficient (Wildman–Crippen LogP) is 2.59. The number of hydrogen-bond donors (Lipinski definition) is 2. The van der Waals surface area contributed by atoms with Crippen molar-refractivity contribution in [2.45, 2.75) is 4.90 Å². The molecule has 0 unspecified atom stereocenters. The van der Waals surface area contributed by atoms with E-state index in [1.807, 2.05) is 6.07 Å². The maximum absolute atomic E-state index is 12.2. The molecule has 0 heterocycles. The molecule has 2 rings (SSSR count). The standard InChI is InChI=1S/C13H10ClN3O2S/c14-12-5-4-10(16)7-13(12)20(18,19)17-11-3-1-2-9(6-11)8-15/h1-7,17H,16H2. The van der Waals surface area contributed by atoms with Gasteiger partial charge >= 0.3 is 0 Å². The van der Waals surface area contributed by atoms with Crippen molar-refractivity contribution in [1.82, 2.24) is 0 Å². The van der Waals surface area contributed by atoms with Crippen molar-refractivity contribution in [2.24, 2.45) is 0 Å². The predicted molar refractivity (Wildman–Crippen MR) is 77.8 cm³/mol. The molecular weight excluding hydrogens is 298 g/mol. The molecule has 0 aliphatic carbocycles. The van der Waals surface area contributed by atoms with Crippen LogP contribution in [0.3, 0.4) is 0 Å². The van der Waals surface area contributed by atoms with Gasteiger partial charge in [-0.05, 0) is 36.4 Å². The van der Waals surface area contributed by atoms with Gasteiger partial charge in [0, 0.05) is 5.69 Å². The molecule has 0 radical (unpaired) electrons. The highest BCUT2D eigenvalue weighted by Gasteiger charge is 2.18. The van der Waals surface area contributed by atoms with Gasteiger partial charge in [-0.25, -0.2) is 8.42 Å². The summed E-state index contributed by atoms with van der Waals surface area (Å²) in [7, 11) is -3.86. The van der Waals surface area contributed by atoms with Crippen LogP contribution in [0.15, 0.2) is 47.4 Å². The molecule has 0 bridgehead atoms. The molecule has 0 aliphatic heterocycles. The summed E-state index contributed by atoms with van der Waals surface area (Å²) in [6.45, 7) is 0. The largest absolute Gasteiger partial charge is 0.399 e. The quantitative estimate of drug-likeness (QED) is 0.852. The average molecular weight is 308 g/mol. The van der Waals surface area contributed by atoms with Crippen molar-refractivity contribution in [2.75, 3.05) is 10.5 Å². The maximum Gasteiger partial charge on any atom is 0.263 e. The van der Waals surface area contributed by atoms with Crippen LogP contribution in [0.1, 0.15) is 5.56 Å². The minimum absolute atomic E-state index is 0.0723. The van der Waals surface area contributed by atoms with Gasteiger partial charge in [0.25, 0.3) is 10.0 Å². The van der Waals surface area contributed by atoms with Crippen LogP contribution in [-0.4, -0.2) is 8.42 Å². The van der Waals surface area contributed by atoms with Crippen molar-refractivity contribution >= 4 is 33.0 Å². The second-order valence-corrected chi connectivity index (χ2v) is 6.05. The second-order valence-electron chi connectivity index (χ2n) is 3.99. The van der Waals surface area contributed by atoms with E-state index >= 15 is 0 Å². The first kappa shape index (κ1) is 14.2. The fourth-order valence-corrected chi connectivity index (χ4v) is 3.17. The lowest BCUT2D eigenvalue weighted by molar-refractivity contribution is 0.601. The third-order valence-electron chi connectivity index (χ3n) is 2.49. The van der Waals surface area contributed by atoms with Gasteiger partial charge in [0.2, 0.25) is 0 Å². The summed E-state index contributed by atoms with van der Waals surface area (Å²) in [5, 5.41) is 8.87. The van der Waals surface area contributed by atoms with Crippen LogP contribution in [0.5, 0.6) is 0 Å². The minimum Gasteiger partial charge on any atom is -0.399 e. The monoisotopic (exact) mass is 307 g/mol. The summed E-state index contributed by atoms with van der Waals surface area (Å²) >= 11 is 5.88. The van der Waals surface area contributed by atoms with Crippen LogP contribution in [0.25, 0.3) is 0 Å². The van der Waals surface area contributed by atoms with Crippen molar-refractivity contribution in [3.63, 3.8) is 0 Å². The first-order valence-electron chi connectivity index (χ1n) is 5.50. The fourth-order valence-electron chi connectivity index (χ4n) is 1.59. The highest BCUT2D eigenvalue weighted by Crippen LogP contribution is 2.26. The third-order valence-corrected chi connectivity index (χ3v) is 4.35. The zero-order chi connectivity index (χ0) is 14.8. The van der Waals surface area contributed by atoms with E-state index in [1.165, 1.54) is 24.3 Å². The molecule has 7 heteroatoms. The molecule has 0 spiro atoms. The lowest BCUT2D eigenvalue weighted by Gasteiger charge is -2.10. The Kier molecular flexibility index (Phi) is 3.84. The van der Waals surface area contributed by atoms with Crippen molar-refractivity contribution < 1.29 is 8.42 Å². The van der Waals surface area contributed by atoms with E-state index in [1.54, 1.807) is 18.2 Å². The van der Waals surface area contributed by atoms with Crippen LogP contribution in [0.4, 0.5) is 11.4 Å². The maximum atomic E-state index is 12.2. The summed E-state index contributed by atoms with van der Waals surface area (Å²) in [6.07, 6.45) is 0. The lowest BCUT2D eigenvalue weighted by atomic mass is 10.2. The van der Waals surface area contributed by atoms with Crippen molar-refractivity contribution in [3.8, 4) is 6.07 Å². The normalized spacial score (nSPS) is 10.8. The number of sulfonamides is 1. The molecule has 2 aromatic rings. The van der Waals surface area contributed by atoms with Gasteiger partial charge in [0.05, 0.1) is 22.3 Å². The van der Waals surface area contributed by atoms with Crippen LogP contribution in [-0.2, 0) is 10.0 Å². The molecule has 5 nitrogen and oxygen atoms in total. The van der Waals surface area contributed by atoms with Crippen LogP contribution in [0, 0.1) is 11.3 Å². The van der Waals surface area contributed by atoms with E-state index in [-0.39, 0.29) is 15.6 Å². The molecule has 2 aromatic carbocycles. The molecule has 20 heavy (non-hydrogen) atoms. The summed E-state index contributed by atoms with van der Waals surface area (Å²) in [6, 6.07) is 12.3. The number of nitrogens with one attached hydrogen (secondary N) is 1. The zero-order valence-electron chi connectivity index (χ0n) is 10.2. The molecule has 0 aromatic heterocycles. The molecule has 0 saturated carbocycles. The van der Waals surface area contributed by atoms with Gasteiger partial charge in [-0.1, -0.05) is 17.7 Å². The molecular formula is C13H10ClN3O2S. The van der Waals surface area contributed by atoms with Crippen molar-refractivity contribution in [3.05, 3.63) is 53.1 Å². The average Bonchev–Trinajstić information content (AvgIpc) is 2.41. The molecule has 102 valence electrons. The number of benzene rings is 2. The molecule has 0 atom stereocenters. The summed E-state index contributed by atoms with van der Waals surface area (Å²) < 4.78 is 26.8. The van der Waals surface area contributed by atoms with Crippen LogP contribution in [0.2, 0.25) is 5.02 Å². The van der Waals surface area contributed by atoms with E-state index < -0.39 is 10.0 Å². The minimum atomic E-state index is -3.86. The molecule has 0 amide bonds. The Morgan fingerprint density at radius 1 is 1.20 bits per heavy atom. The van der Waals surface area contributed by atoms with Gasteiger partial charge in [0.15, 0.2) is 0 Å². The summed E-state index contributed by atoms with van der Waals surface area (Å²) in [5.74, 6) is 0.